The molecule has 32 heavy (non-hydrogen) atoms. The molecule has 0 radical (unpaired) electrons. The Bertz CT molecular complexity index is 1260. The van der Waals surface area contributed by atoms with Crippen molar-refractivity contribution in [2.45, 2.75) is 0 Å². The molecule has 8 nitrogen and oxygen atoms in total. The fourth-order valence-corrected chi connectivity index (χ4v) is 3.22. The van der Waals surface area contributed by atoms with E-state index >= 15 is 0 Å². The van der Waals surface area contributed by atoms with Crippen molar-refractivity contribution in [3.63, 3.8) is 0 Å². The molecular weight excluding hydrogens is 436 g/mol. The molecule has 1 aliphatic rings. The van der Waals surface area contributed by atoms with Crippen LogP contribution in [0.15, 0.2) is 70.7 Å². The van der Waals surface area contributed by atoms with E-state index in [1.165, 1.54) is 37.5 Å². The summed E-state index contributed by atoms with van der Waals surface area (Å²) in [6.07, 6.45) is 1.26. The molecule has 1 saturated heterocycles. The Morgan fingerprint density at radius 1 is 1.00 bits per heavy atom. The zero-order chi connectivity index (χ0) is 22.8. The molecule has 1 N–H and O–H groups in total. The number of imide groups is 2. The van der Waals surface area contributed by atoms with Crippen molar-refractivity contribution in [2.24, 2.45) is 0 Å². The summed E-state index contributed by atoms with van der Waals surface area (Å²) in [5.74, 6) is -1.38. The van der Waals surface area contributed by atoms with Gasteiger partial charge in [0.05, 0.1) is 18.4 Å². The maximum atomic E-state index is 12.9. The Morgan fingerprint density at radius 2 is 1.69 bits per heavy atom. The number of halogens is 1. The number of urea groups is 1. The van der Waals surface area contributed by atoms with E-state index in [4.69, 9.17) is 16.0 Å². The summed E-state index contributed by atoms with van der Waals surface area (Å²) in [6, 6.07) is 15.0. The number of methoxy groups -OCH3 is 1. The minimum absolute atomic E-state index is 0.237. The van der Waals surface area contributed by atoms with Crippen LogP contribution in [0.3, 0.4) is 0 Å². The number of carbonyl (C=O) groups excluding carboxylic acids is 4. The van der Waals surface area contributed by atoms with Crippen molar-refractivity contribution in [1.82, 2.24) is 5.32 Å². The highest BCUT2D eigenvalue weighted by Crippen LogP contribution is 2.26. The predicted octanol–water partition coefficient (Wildman–Crippen LogP) is 4.05. The third-order valence-electron chi connectivity index (χ3n) is 4.69. The topological polar surface area (TPSA) is 106 Å². The Morgan fingerprint density at radius 3 is 2.34 bits per heavy atom. The van der Waals surface area contributed by atoms with Gasteiger partial charge in [-0.25, -0.2) is 14.5 Å². The molecule has 160 valence electrons. The fraction of sp³-hybridized carbons (Fsp3) is 0.0435. The van der Waals surface area contributed by atoms with Gasteiger partial charge in [0.1, 0.15) is 17.1 Å². The minimum atomic E-state index is -0.856. The third kappa shape index (κ3) is 4.03. The van der Waals surface area contributed by atoms with Crippen molar-refractivity contribution < 1.29 is 28.3 Å². The van der Waals surface area contributed by atoms with E-state index in [9.17, 15) is 19.2 Å². The van der Waals surface area contributed by atoms with Gasteiger partial charge in [-0.1, -0.05) is 23.7 Å². The lowest BCUT2D eigenvalue weighted by atomic mass is 10.1. The lowest BCUT2D eigenvalue weighted by Gasteiger charge is -2.26. The molecule has 9 heteroatoms. The summed E-state index contributed by atoms with van der Waals surface area (Å²) in [5.41, 5.74) is 1.07. The van der Waals surface area contributed by atoms with Crippen LogP contribution in [0.4, 0.5) is 10.5 Å². The SMILES string of the molecule is COC(=O)c1ccc(-c2ccc(C=C3C(=O)NC(=O)N(c4ccc(Cl)cc4)C3=O)o2)cc1. The molecule has 4 amide bonds. The van der Waals surface area contributed by atoms with Gasteiger partial charge in [-0.05, 0) is 54.6 Å². The number of hydrogen-bond acceptors (Lipinski definition) is 6. The van der Waals surface area contributed by atoms with Gasteiger partial charge in [-0.3, -0.25) is 14.9 Å². The van der Waals surface area contributed by atoms with Crippen molar-refractivity contribution in [2.75, 3.05) is 12.0 Å². The molecular formula is C23H15ClN2O6. The second kappa shape index (κ2) is 8.52. The Balaban J connectivity index is 1.61. The first kappa shape index (κ1) is 21.1. The van der Waals surface area contributed by atoms with Crippen LogP contribution in [-0.4, -0.2) is 30.9 Å². The molecule has 0 aliphatic carbocycles. The van der Waals surface area contributed by atoms with Crippen molar-refractivity contribution >= 4 is 47.2 Å². The lowest BCUT2D eigenvalue weighted by molar-refractivity contribution is -0.122. The monoisotopic (exact) mass is 450 g/mol. The summed E-state index contributed by atoms with van der Waals surface area (Å²) < 4.78 is 10.4. The molecule has 0 atom stereocenters. The molecule has 2 aromatic carbocycles. The number of anilines is 1. The number of ether oxygens (including phenoxy) is 1. The lowest BCUT2D eigenvalue weighted by Crippen LogP contribution is -2.54. The number of hydrogen-bond donors (Lipinski definition) is 1. The highest BCUT2D eigenvalue weighted by molar-refractivity contribution is 6.39. The van der Waals surface area contributed by atoms with Gasteiger partial charge in [-0.2, -0.15) is 0 Å². The Labute approximate surface area is 187 Å². The number of esters is 1. The molecule has 0 unspecified atom stereocenters. The number of nitrogens with zero attached hydrogens (tertiary/aromatic N) is 1. The van der Waals surface area contributed by atoms with E-state index in [0.717, 1.165) is 4.90 Å². The van der Waals surface area contributed by atoms with Gasteiger partial charge < -0.3 is 9.15 Å². The zero-order valence-corrected chi connectivity index (χ0v) is 17.4. The summed E-state index contributed by atoms with van der Waals surface area (Å²) in [7, 11) is 1.30. The Hall–Kier alpha value is -4.17. The largest absolute Gasteiger partial charge is 0.465 e. The average molecular weight is 451 g/mol. The van der Waals surface area contributed by atoms with Crippen LogP contribution >= 0.6 is 11.6 Å². The zero-order valence-electron chi connectivity index (χ0n) is 16.6. The molecule has 0 bridgehead atoms. The van der Waals surface area contributed by atoms with E-state index < -0.39 is 23.8 Å². The number of carbonyl (C=O) groups is 4. The normalized spacial score (nSPS) is 15.1. The first-order valence-corrected chi connectivity index (χ1v) is 9.71. The molecule has 1 fully saturated rings. The maximum absolute atomic E-state index is 12.9. The fourth-order valence-electron chi connectivity index (χ4n) is 3.10. The predicted molar refractivity (Wildman–Crippen MR) is 116 cm³/mol. The number of furan rings is 1. The van der Waals surface area contributed by atoms with Crippen LogP contribution in [-0.2, 0) is 14.3 Å². The number of rotatable bonds is 4. The summed E-state index contributed by atoms with van der Waals surface area (Å²) in [6.45, 7) is 0. The van der Waals surface area contributed by atoms with Crippen molar-refractivity contribution in [1.29, 1.82) is 0 Å². The number of benzene rings is 2. The van der Waals surface area contributed by atoms with E-state index in [-0.39, 0.29) is 17.0 Å². The van der Waals surface area contributed by atoms with E-state index in [1.54, 1.807) is 36.4 Å². The van der Waals surface area contributed by atoms with Gasteiger partial charge >= 0.3 is 12.0 Å². The van der Waals surface area contributed by atoms with E-state index in [0.29, 0.717) is 21.9 Å². The molecule has 3 aromatic rings. The van der Waals surface area contributed by atoms with Gasteiger partial charge in [0.2, 0.25) is 0 Å². The highest BCUT2D eigenvalue weighted by atomic mass is 35.5. The van der Waals surface area contributed by atoms with Crippen LogP contribution in [0.1, 0.15) is 16.1 Å². The maximum Gasteiger partial charge on any atom is 0.337 e. The van der Waals surface area contributed by atoms with Gasteiger partial charge in [0, 0.05) is 10.6 Å². The number of barbiturate groups is 1. The van der Waals surface area contributed by atoms with E-state index in [2.05, 4.69) is 10.1 Å². The molecule has 1 aromatic heterocycles. The van der Waals surface area contributed by atoms with Gasteiger partial charge in [0.15, 0.2) is 0 Å². The van der Waals surface area contributed by atoms with Crippen LogP contribution in [0.25, 0.3) is 17.4 Å². The number of nitrogens with one attached hydrogen (secondary N) is 1. The molecule has 4 rings (SSSR count). The summed E-state index contributed by atoms with van der Waals surface area (Å²) in [4.78, 5) is 49.8. The third-order valence-corrected chi connectivity index (χ3v) is 4.94. The molecule has 1 aliphatic heterocycles. The van der Waals surface area contributed by atoms with Gasteiger partial charge in [0.25, 0.3) is 11.8 Å². The molecule has 0 spiro atoms. The van der Waals surface area contributed by atoms with Gasteiger partial charge in [-0.15, -0.1) is 0 Å². The first-order valence-electron chi connectivity index (χ1n) is 9.33. The van der Waals surface area contributed by atoms with Crippen LogP contribution in [0.5, 0.6) is 0 Å². The summed E-state index contributed by atoms with van der Waals surface area (Å²) in [5, 5.41) is 2.58. The average Bonchev–Trinajstić information content (AvgIpc) is 3.26. The second-order valence-corrected chi connectivity index (χ2v) is 7.14. The standard InChI is InChI=1S/C23H15ClN2O6/c1-31-22(29)14-4-2-13(3-5-14)19-11-10-17(32-19)12-18-20(27)25-23(30)26(21(18)28)16-8-6-15(24)7-9-16/h2-12H,1H3,(H,25,27,30). The Kier molecular flexibility index (Phi) is 5.61. The smallest absolute Gasteiger partial charge is 0.337 e. The van der Waals surface area contributed by atoms with Crippen molar-refractivity contribution in [3.05, 3.63) is 82.6 Å². The minimum Gasteiger partial charge on any atom is -0.465 e. The number of amides is 4. The second-order valence-electron chi connectivity index (χ2n) is 6.71. The van der Waals surface area contributed by atoms with Crippen LogP contribution in [0, 0.1) is 0 Å². The van der Waals surface area contributed by atoms with Crippen molar-refractivity contribution in [3.8, 4) is 11.3 Å². The summed E-state index contributed by atoms with van der Waals surface area (Å²) >= 11 is 5.86. The highest BCUT2D eigenvalue weighted by Gasteiger charge is 2.37. The molecule has 0 saturated carbocycles. The van der Waals surface area contributed by atoms with E-state index in [1.807, 2.05) is 0 Å². The quantitative estimate of drug-likeness (QED) is 0.365. The van der Waals surface area contributed by atoms with Crippen LogP contribution in [0.2, 0.25) is 5.02 Å². The molecule has 2 heterocycles. The first-order chi connectivity index (χ1) is 15.4. The van der Waals surface area contributed by atoms with Crippen LogP contribution < -0.4 is 10.2 Å².